The molecule has 1 amide bonds. The number of hydrogen-bond donors (Lipinski definition) is 1. The van der Waals surface area contributed by atoms with Gasteiger partial charge in [0.15, 0.2) is 5.11 Å². The molecule has 5 nitrogen and oxygen atoms in total. The van der Waals surface area contributed by atoms with E-state index in [0.717, 1.165) is 30.0 Å². The van der Waals surface area contributed by atoms with Gasteiger partial charge in [0.1, 0.15) is 5.54 Å². The molecule has 3 atom stereocenters. The van der Waals surface area contributed by atoms with E-state index < -0.39 is 5.54 Å². The topological polar surface area (TPSA) is 44.8 Å². The fourth-order valence-corrected chi connectivity index (χ4v) is 4.43. The predicted molar refractivity (Wildman–Crippen MR) is 116 cm³/mol. The lowest BCUT2D eigenvalue weighted by Gasteiger charge is -2.37. The van der Waals surface area contributed by atoms with Crippen LogP contribution in [0, 0.1) is 0 Å². The average Bonchev–Trinajstić information content (AvgIpc) is 2.91. The van der Waals surface area contributed by atoms with E-state index in [2.05, 4.69) is 36.2 Å². The fraction of sp³-hybridized carbons (Fsp3) is 0.364. The van der Waals surface area contributed by atoms with Crippen molar-refractivity contribution < 1.29 is 9.53 Å². The Bertz CT molecular complexity index is 876. The fourth-order valence-electron chi connectivity index (χ4n) is 4.04. The molecule has 2 fully saturated rings. The molecule has 1 unspecified atom stereocenters. The van der Waals surface area contributed by atoms with Crippen LogP contribution >= 0.6 is 12.2 Å². The number of ether oxygens (including phenoxy) is 1. The standard InChI is InChI=1S/C22H25N3O2S/c1-15-13-24(14-16(2)27-15)18-11-9-17(10-12-18)22(3)20(26)25(21(28)23-22)19-7-5-4-6-8-19/h4-12,15-16H,13-14H2,1-3H3,(H,23,28)/t15-,16-,22?/m0/s1. The highest BCUT2D eigenvalue weighted by Crippen LogP contribution is 2.33. The third kappa shape index (κ3) is 3.27. The van der Waals surface area contributed by atoms with Crippen LogP contribution < -0.4 is 15.1 Å². The molecule has 2 aromatic rings. The van der Waals surface area contributed by atoms with Gasteiger partial charge in [-0.25, -0.2) is 0 Å². The molecule has 1 N–H and O–H groups in total. The second-order valence-electron chi connectivity index (χ2n) is 7.74. The van der Waals surface area contributed by atoms with Crippen molar-refractivity contribution in [3.8, 4) is 0 Å². The monoisotopic (exact) mass is 395 g/mol. The highest BCUT2D eigenvalue weighted by molar-refractivity contribution is 7.80. The van der Waals surface area contributed by atoms with E-state index in [1.807, 2.05) is 49.4 Å². The Kier molecular flexibility index (Phi) is 4.85. The lowest BCUT2D eigenvalue weighted by molar-refractivity contribution is -0.121. The van der Waals surface area contributed by atoms with Gasteiger partial charge < -0.3 is 15.0 Å². The molecule has 0 spiro atoms. The first kappa shape index (κ1) is 18.9. The number of para-hydroxylation sites is 1. The van der Waals surface area contributed by atoms with Crippen molar-refractivity contribution in [3.05, 3.63) is 60.2 Å². The molecule has 0 saturated carbocycles. The van der Waals surface area contributed by atoms with Crippen molar-refractivity contribution in [1.82, 2.24) is 5.32 Å². The Hall–Kier alpha value is -2.44. The van der Waals surface area contributed by atoms with Crippen LogP contribution in [-0.2, 0) is 15.1 Å². The molecule has 4 rings (SSSR count). The van der Waals surface area contributed by atoms with Crippen LogP contribution in [0.4, 0.5) is 11.4 Å². The first-order valence-electron chi connectivity index (χ1n) is 9.61. The molecule has 0 bridgehead atoms. The van der Waals surface area contributed by atoms with E-state index in [1.165, 1.54) is 0 Å². The number of carbonyl (C=O) groups is 1. The number of morpholine rings is 1. The van der Waals surface area contributed by atoms with E-state index in [-0.39, 0.29) is 18.1 Å². The minimum atomic E-state index is -0.878. The molecule has 2 aliphatic heterocycles. The van der Waals surface area contributed by atoms with Crippen molar-refractivity contribution in [2.24, 2.45) is 0 Å². The smallest absolute Gasteiger partial charge is 0.263 e. The molecule has 6 heteroatoms. The second kappa shape index (κ2) is 7.18. The highest BCUT2D eigenvalue weighted by Gasteiger charge is 2.47. The molecule has 2 aromatic carbocycles. The normalized spacial score (nSPS) is 27.8. The van der Waals surface area contributed by atoms with Crippen LogP contribution in [0.2, 0.25) is 0 Å². The van der Waals surface area contributed by atoms with Crippen LogP contribution in [0.3, 0.4) is 0 Å². The van der Waals surface area contributed by atoms with Gasteiger partial charge in [-0.1, -0.05) is 30.3 Å². The maximum Gasteiger partial charge on any atom is 0.263 e. The molecule has 2 heterocycles. The number of carbonyl (C=O) groups excluding carboxylic acids is 1. The molecule has 146 valence electrons. The maximum absolute atomic E-state index is 13.3. The summed E-state index contributed by atoms with van der Waals surface area (Å²) in [6, 6.07) is 17.7. The Balaban J connectivity index is 1.59. The number of nitrogens with zero attached hydrogens (tertiary/aromatic N) is 2. The third-order valence-electron chi connectivity index (χ3n) is 5.43. The number of hydrogen-bond acceptors (Lipinski definition) is 4. The summed E-state index contributed by atoms with van der Waals surface area (Å²) in [6.07, 6.45) is 0.409. The zero-order valence-corrected chi connectivity index (χ0v) is 17.2. The van der Waals surface area contributed by atoms with Crippen LogP contribution in [0.1, 0.15) is 26.3 Å². The molecule has 0 aliphatic carbocycles. The van der Waals surface area contributed by atoms with Crippen LogP contribution in [0.25, 0.3) is 0 Å². The maximum atomic E-state index is 13.3. The van der Waals surface area contributed by atoms with Gasteiger partial charge in [0, 0.05) is 18.8 Å². The summed E-state index contributed by atoms with van der Waals surface area (Å²) in [4.78, 5) is 17.2. The quantitative estimate of drug-likeness (QED) is 0.807. The van der Waals surface area contributed by atoms with Crippen molar-refractivity contribution in [1.29, 1.82) is 0 Å². The summed E-state index contributed by atoms with van der Waals surface area (Å²) in [6.45, 7) is 7.81. The third-order valence-corrected chi connectivity index (χ3v) is 5.72. The van der Waals surface area contributed by atoms with Crippen molar-refractivity contribution in [3.63, 3.8) is 0 Å². The summed E-state index contributed by atoms with van der Waals surface area (Å²) in [7, 11) is 0. The first-order valence-corrected chi connectivity index (χ1v) is 10.0. The molecule has 28 heavy (non-hydrogen) atoms. The molecule has 0 aromatic heterocycles. The minimum absolute atomic E-state index is 0.0648. The lowest BCUT2D eigenvalue weighted by Crippen LogP contribution is -2.45. The van der Waals surface area contributed by atoms with Crippen LogP contribution in [-0.4, -0.2) is 36.3 Å². The number of amides is 1. The summed E-state index contributed by atoms with van der Waals surface area (Å²) in [5, 5.41) is 3.66. The van der Waals surface area contributed by atoms with Gasteiger partial charge in [-0.05, 0) is 62.8 Å². The number of thiocarbonyl (C=S) groups is 1. The number of nitrogens with one attached hydrogen (secondary N) is 1. The second-order valence-corrected chi connectivity index (χ2v) is 8.13. The summed E-state index contributed by atoms with van der Waals surface area (Å²) in [5.74, 6) is -0.0648. The largest absolute Gasteiger partial charge is 0.372 e. The Morgan fingerprint density at radius 3 is 2.21 bits per heavy atom. The van der Waals surface area contributed by atoms with Crippen LogP contribution in [0.5, 0.6) is 0 Å². The minimum Gasteiger partial charge on any atom is -0.372 e. The zero-order chi connectivity index (χ0) is 19.9. The van der Waals surface area contributed by atoms with Crippen molar-refractivity contribution >= 4 is 34.6 Å². The highest BCUT2D eigenvalue weighted by atomic mass is 32.1. The molecule has 2 aliphatic rings. The molecular weight excluding hydrogens is 370 g/mol. The van der Waals surface area contributed by atoms with E-state index >= 15 is 0 Å². The van der Waals surface area contributed by atoms with Crippen molar-refractivity contribution in [2.75, 3.05) is 22.9 Å². The molecular formula is C22H25N3O2S. The number of rotatable bonds is 3. The average molecular weight is 396 g/mol. The SMILES string of the molecule is C[C@H]1CN(c2ccc(C3(C)NC(=S)N(c4ccccc4)C3=O)cc2)C[C@H](C)O1. The van der Waals surface area contributed by atoms with E-state index in [4.69, 9.17) is 17.0 Å². The van der Waals surface area contributed by atoms with Crippen LogP contribution in [0.15, 0.2) is 54.6 Å². The van der Waals surface area contributed by atoms with E-state index in [1.54, 1.807) is 4.90 Å². The number of anilines is 2. The number of benzene rings is 2. The Labute approximate surface area is 171 Å². The van der Waals surface area contributed by atoms with Gasteiger partial charge in [0.25, 0.3) is 5.91 Å². The van der Waals surface area contributed by atoms with E-state index in [0.29, 0.717) is 5.11 Å². The Morgan fingerprint density at radius 1 is 1.00 bits per heavy atom. The van der Waals surface area contributed by atoms with Gasteiger partial charge in [0.05, 0.1) is 17.9 Å². The summed E-state index contributed by atoms with van der Waals surface area (Å²) >= 11 is 5.47. The van der Waals surface area contributed by atoms with Gasteiger partial charge in [-0.15, -0.1) is 0 Å². The lowest BCUT2D eigenvalue weighted by atomic mass is 9.91. The summed E-state index contributed by atoms with van der Waals surface area (Å²) in [5.41, 5.74) is 1.94. The predicted octanol–water partition coefficient (Wildman–Crippen LogP) is 3.44. The van der Waals surface area contributed by atoms with Gasteiger partial charge in [-0.2, -0.15) is 0 Å². The first-order chi connectivity index (χ1) is 13.4. The van der Waals surface area contributed by atoms with Gasteiger partial charge in [-0.3, -0.25) is 9.69 Å². The molecule has 2 saturated heterocycles. The Morgan fingerprint density at radius 2 is 1.61 bits per heavy atom. The van der Waals surface area contributed by atoms with Gasteiger partial charge >= 0.3 is 0 Å². The van der Waals surface area contributed by atoms with Gasteiger partial charge in [0.2, 0.25) is 0 Å². The summed E-state index contributed by atoms with van der Waals surface area (Å²) < 4.78 is 5.82. The van der Waals surface area contributed by atoms with Crippen molar-refractivity contribution in [2.45, 2.75) is 38.5 Å². The van der Waals surface area contributed by atoms with E-state index in [9.17, 15) is 4.79 Å². The molecule has 0 radical (unpaired) electrons. The zero-order valence-electron chi connectivity index (χ0n) is 16.4.